The molecule has 1 spiro atoms. The average molecular weight is 568 g/mol. The topological polar surface area (TPSA) is 88.4 Å². The van der Waals surface area contributed by atoms with Crippen LogP contribution in [0.5, 0.6) is 0 Å². The maximum atomic E-state index is 14.0. The summed E-state index contributed by atoms with van der Waals surface area (Å²) >= 11 is 0. The molecule has 2 heterocycles. The molecular formula is C28H34F5N5O2. The molecule has 40 heavy (non-hydrogen) atoms. The minimum absolute atomic E-state index is 0.0317. The highest BCUT2D eigenvalue weighted by atomic mass is 19.4. The number of nitrogens with one attached hydrogen (secondary N) is 2. The van der Waals surface area contributed by atoms with Crippen molar-refractivity contribution >= 4 is 17.5 Å². The number of carbonyl (C=O) groups is 2. The van der Waals surface area contributed by atoms with E-state index in [1.165, 1.54) is 0 Å². The number of halogens is 5. The van der Waals surface area contributed by atoms with Gasteiger partial charge in [-0.25, -0.2) is 18.3 Å². The number of alkyl halides is 5. The van der Waals surface area contributed by atoms with E-state index in [4.69, 9.17) is 4.98 Å². The van der Waals surface area contributed by atoms with Gasteiger partial charge in [-0.3, -0.25) is 9.59 Å². The van der Waals surface area contributed by atoms with E-state index in [0.29, 0.717) is 16.9 Å². The number of hydrogen-bond donors (Lipinski definition) is 2. The van der Waals surface area contributed by atoms with Gasteiger partial charge in [0.1, 0.15) is 0 Å². The van der Waals surface area contributed by atoms with Gasteiger partial charge in [0.25, 0.3) is 0 Å². The first kappa shape index (κ1) is 27.4. The maximum absolute atomic E-state index is 14.0. The first-order valence-electron chi connectivity index (χ1n) is 14.3. The Morgan fingerprint density at radius 2 is 1.73 bits per heavy atom. The van der Waals surface area contributed by atoms with Gasteiger partial charge in [0, 0.05) is 25.2 Å². The second-order valence-corrected chi connectivity index (χ2v) is 12.4. The van der Waals surface area contributed by atoms with Crippen LogP contribution in [0.1, 0.15) is 100 Å². The van der Waals surface area contributed by atoms with Crippen LogP contribution in [0.3, 0.4) is 0 Å². The summed E-state index contributed by atoms with van der Waals surface area (Å²) in [6.45, 7) is 0. The predicted octanol–water partition coefficient (Wildman–Crippen LogP) is 5.81. The molecule has 4 saturated carbocycles. The Kier molecular flexibility index (Phi) is 6.80. The number of imidazole rings is 1. The Labute approximate surface area is 228 Å². The lowest BCUT2D eigenvalue weighted by molar-refractivity contribution is -0.144. The van der Waals surface area contributed by atoms with Crippen molar-refractivity contribution in [2.24, 2.45) is 23.2 Å². The van der Waals surface area contributed by atoms with Crippen LogP contribution in [0.2, 0.25) is 0 Å². The Balaban J connectivity index is 1.22. The fourth-order valence-electron chi connectivity index (χ4n) is 6.62. The zero-order chi connectivity index (χ0) is 28.3. The molecule has 0 aliphatic heterocycles. The summed E-state index contributed by atoms with van der Waals surface area (Å²) in [7, 11) is 0. The molecule has 4 aliphatic carbocycles. The summed E-state index contributed by atoms with van der Waals surface area (Å²) in [5.41, 5.74) is 1.79. The molecule has 0 saturated heterocycles. The number of hydrogen-bond acceptors (Lipinski definition) is 4. The van der Waals surface area contributed by atoms with Gasteiger partial charge in [-0.05, 0) is 73.8 Å². The van der Waals surface area contributed by atoms with E-state index in [1.54, 1.807) is 23.0 Å². The van der Waals surface area contributed by atoms with Gasteiger partial charge in [0.2, 0.25) is 17.7 Å². The molecule has 4 fully saturated rings. The van der Waals surface area contributed by atoms with Crippen molar-refractivity contribution in [1.29, 1.82) is 0 Å². The van der Waals surface area contributed by atoms with E-state index in [0.717, 1.165) is 38.5 Å². The fraction of sp³-hybridized carbons (Fsp3) is 0.714. The van der Waals surface area contributed by atoms with Crippen LogP contribution in [0, 0.1) is 23.2 Å². The highest BCUT2D eigenvalue weighted by Gasteiger charge is 2.61. The first-order valence-corrected chi connectivity index (χ1v) is 14.3. The standard InChI is InChI=1S/C28H34F5N5O2/c29-27(30)9-4-17(5-10-27)24(37-25(40)19-13-26(19)7-1-8-26)20-15-38-21(35-20)12-18(14-34-38)23(16-2-3-16)36-22(39)6-11-28(31,32)33/h12,14-17,19,23-24H,1-11,13H2,(H,36,39)(H,37,40)/t19-,23?,24+/m1/s1. The molecule has 2 amide bonds. The summed E-state index contributed by atoms with van der Waals surface area (Å²) in [4.78, 5) is 30.2. The van der Waals surface area contributed by atoms with E-state index < -0.39 is 42.9 Å². The minimum Gasteiger partial charge on any atom is -0.349 e. The first-order chi connectivity index (χ1) is 18.9. The molecular weight excluding hydrogens is 533 g/mol. The van der Waals surface area contributed by atoms with Crippen LogP contribution in [0.4, 0.5) is 22.0 Å². The average Bonchev–Trinajstić information content (AvgIpc) is 3.79. The molecule has 4 aliphatic rings. The van der Waals surface area contributed by atoms with Crippen LogP contribution in [-0.2, 0) is 9.59 Å². The molecule has 7 nitrogen and oxygen atoms in total. The molecule has 0 bridgehead atoms. The number of rotatable bonds is 9. The van der Waals surface area contributed by atoms with E-state index in [1.807, 2.05) is 0 Å². The van der Waals surface area contributed by atoms with Crippen LogP contribution < -0.4 is 10.6 Å². The number of carbonyl (C=O) groups excluding carboxylic acids is 2. The Bertz CT molecular complexity index is 1280. The third kappa shape index (κ3) is 5.81. The molecule has 2 N–H and O–H groups in total. The molecule has 218 valence electrons. The Hall–Kier alpha value is -2.79. The Morgan fingerprint density at radius 3 is 2.33 bits per heavy atom. The monoisotopic (exact) mass is 567 g/mol. The number of amides is 2. The summed E-state index contributed by atoms with van der Waals surface area (Å²) in [6.07, 6.45) is 2.95. The third-order valence-corrected chi connectivity index (χ3v) is 9.47. The van der Waals surface area contributed by atoms with E-state index >= 15 is 0 Å². The highest BCUT2D eigenvalue weighted by Crippen LogP contribution is 2.65. The smallest absolute Gasteiger partial charge is 0.349 e. The van der Waals surface area contributed by atoms with Gasteiger partial charge in [0.05, 0.1) is 36.6 Å². The largest absolute Gasteiger partial charge is 0.389 e. The van der Waals surface area contributed by atoms with E-state index in [-0.39, 0.29) is 54.8 Å². The predicted molar refractivity (Wildman–Crippen MR) is 134 cm³/mol. The van der Waals surface area contributed by atoms with Gasteiger partial charge >= 0.3 is 6.18 Å². The zero-order valence-corrected chi connectivity index (χ0v) is 22.2. The fourth-order valence-corrected chi connectivity index (χ4v) is 6.62. The van der Waals surface area contributed by atoms with Crippen molar-refractivity contribution in [1.82, 2.24) is 25.2 Å². The van der Waals surface area contributed by atoms with Crippen LogP contribution in [-0.4, -0.2) is 38.5 Å². The summed E-state index contributed by atoms with van der Waals surface area (Å²) < 4.78 is 67.2. The summed E-state index contributed by atoms with van der Waals surface area (Å²) in [6, 6.07) is 0.762. The normalized spacial score (nSPS) is 25.3. The van der Waals surface area contributed by atoms with Gasteiger partial charge in [-0.1, -0.05) is 6.42 Å². The van der Waals surface area contributed by atoms with Crippen molar-refractivity contribution in [2.75, 3.05) is 0 Å². The van der Waals surface area contributed by atoms with Crippen molar-refractivity contribution in [3.05, 3.63) is 29.7 Å². The van der Waals surface area contributed by atoms with Gasteiger partial charge in [0.15, 0.2) is 5.65 Å². The lowest BCUT2D eigenvalue weighted by atomic mass is 9.79. The van der Waals surface area contributed by atoms with Crippen molar-refractivity contribution in [2.45, 2.75) is 101 Å². The molecule has 0 aromatic carbocycles. The second-order valence-electron chi connectivity index (χ2n) is 12.4. The van der Waals surface area contributed by atoms with Crippen molar-refractivity contribution < 1.29 is 31.5 Å². The van der Waals surface area contributed by atoms with Gasteiger partial charge in [-0.15, -0.1) is 0 Å². The van der Waals surface area contributed by atoms with Gasteiger partial charge in [-0.2, -0.15) is 18.3 Å². The van der Waals surface area contributed by atoms with E-state index in [9.17, 15) is 31.5 Å². The molecule has 3 atom stereocenters. The lowest BCUT2D eigenvalue weighted by Gasteiger charge is -2.34. The minimum atomic E-state index is -4.41. The zero-order valence-electron chi connectivity index (χ0n) is 22.2. The van der Waals surface area contributed by atoms with Crippen molar-refractivity contribution in [3.63, 3.8) is 0 Å². The molecule has 12 heteroatoms. The molecule has 6 rings (SSSR count). The molecule has 2 aromatic rings. The van der Waals surface area contributed by atoms with E-state index in [2.05, 4.69) is 15.7 Å². The second kappa shape index (κ2) is 9.94. The number of fused-ring (bicyclic) bond motifs is 1. The summed E-state index contributed by atoms with van der Waals surface area (Å²) in [5.74, 6) is -3.51. The molecule has 0 radical (unpaired) electrons. The third-order valence-electron chi connectivity index (χ3n) is 9.47. The lowest BCUT2D eigenvalue weighted by Crippen LogP contribution is -2.39. The number of aromatic nitrogens is 3. The van der Waals surface area contributed by atoms with Crippen LogP contribution in [0.15, 0.2) is 18.5 Å². The van der Waals surface area contributed by atoms with Crippen LogP contribution >= 0.6 is 0 Å². The summed E-state index contributed by atoms with van der Waals surface area (Å²) in [5, 5.41) is 10.3. The molecule has 1 unspecified atom stereocenters. The van der Waals surface area contributed by atoms with Crippen molar-refractivity contribution in [3.8, 4) is 0 Å². The highest BCUT2D eigenvalue weighted by molar-refractivity contribution is 5.83. The molecule has 2 aromatic heterocycles. The van der Waals surface area contributed by atoms with Crippen LogP contribution in [0.25, 0.3) is 5.65 Å². The Morgan fingerprint density at radius 1 is 1.02 bits per heavy atom. The maximum Gasteiger partial charge on any atom is 0.389 e. The number of nitrogens with zero attached hydrogens (tertiary/aromatic N) is 3. The quantitative estimate of drug-likeness (QED) is 0.375. The SMILES string of the molecule is O=C(CCC(F)(F)F)NC(c1cnn2cc([C@@H](NC(=O)[C@H]3CC34CCC4)C3CCC(F)(F)CC3)nc2c1)C1CC1. The van der Waals surface area contributed by atoms with Gasteiger partial charge < -0.3 is 10.6 Å².